The Morgan fingerprint density at radius 2 is 1.78 bits per heavy atom. The smallest absolute Gasteiger partial charge is 0.276 e. The summed E-state index contributed by atoms with van der Waals surface area (Å²) >= 11 is 1.48. The molecule has 5 heterocycles. The van der Waals surface area contributed by atoms with Gasteiger partial charge in [0.1, 0.15) is 24.4 Å². The molecule has 3 aliphatic carbocycles. The summed E-state index contributed by atoms with van der Waals surface area (Å²) in [5.74, 6) is -5.64. The van der Waals surface area contributed by atoms with Crippen molar-refractivity contribution < 1.29 is 51.7 Å². The van der Waals surface area contributed by atoms with Crippen molar-refractivity contribution in [1.29, 1.82) is 0 Å². The molecule has 5 amide bonds. The van der Waals surface area contributed by atoms with Crippen molar-refractivity contribution in [3.63, 3.8) is 0 Å². The van der Waals surface area contributed by atoms with E-state index in [1.165, 1.54) is 22.4 Å². The number of ether oxygens (including phenoxy) is 2. The van der Waals surface area contributed by atoms with Gasteiger partial charge in [-0.1, -0.05) is 70.2 Å². The first-order valence-corrected chi connectivity index (χ1v) is 26.7. The fourth-order valence-electron chi connectivity index (χ4n) is 11.0. The average Bonchev–Trinajstić information content (AvgIpc) is 4.00. The first-order valence-electron chi connectivity index (χ1n) is 25.8. The zero-order valence-corrected chi connectivity index (χ0v) is 43.9. The van der Waals surface area contributed by atoms with Gasteiger partial charge in [0.05, 0.1) is 59.7 Å². The van der Waals surface area contributed by atoms with Crippen LogP contribution >= 0.6 is 11.3 Å². The molecule has 0 spiro atoms. The predicted molar refractivity (Wildman–Crippen MR) is 273 cm³/mol. The molecule has 5 aliphatic rings. The molecule has 3 aromatic heterocycles. The number of aromatic nitrogens is 5. The summed E-state index contributed by atoms with van der Waals surface area (Å²) in [6, 6.07) is 12.9. The molecule has 76 heavy (non-hydrogen) atoms. The molecule has 10 rings (SSSR count). The number of β-amino-alcohol motifs (C(OH)–C–C–N with tert-alkyl or cyclic N) is 1. The highest BCUT2D eigenvalue weighted by atomic mass is 32.1. The molecule has 22 heteroatoms. The quantitative estimate of drug-likeness (QED) is 0.0621. The summed E-state index contributed by atoms with van der Waals surface area (Å²) in [5.41, 5.74) is 2.76. The Morgan fingerprint density at radius 3 is 2.49 bits per heavy atom. The number of rotatable bonds is 19. The molecule has 2 saturated carbocycles. The second kappa shape index (κ2) is 20.4. The highest BCUT2D eigenvalue weighted by molar-refractivity contribution is 7.13. The van der Waals surface area contributed by atoms with E-state index in [0.717, 1.165) is 21.7 Å². The Balaban J connectivity index is 0.714. The lowest BCUT2D eigenvalue weighted by Crippen LogP contribution is -2.59. The van der Waals surface area contributed by atoms with Gasteiger partial charge >= 0.3 is 0 Å². The number of likely N-dealkylation sites (tertiary alicyclic amines) is 2. The van der Waals surface area contributed by atoms with Crippen LogP contribution in [0, 0.1) is 29.6 Å². The lowest BCUT2D eigenvalue weighted by molar-refractivity contribution is -0.145. The number of H-pyrrole nitrogens is 1. The van der Waals surface area contributed by atoms with E-state index >= 15 is 0 Å². The number of nitrogens with one attached hydrogen (secondary N) is 4. The monoisotopic (exact) mass is 1070 g/mol. The number of aryl methyl sites for hydroxylation is 1. The number of carbonyl (C=O) groups is 5. The van der Waals surface area contributed by atoms with Gasteiger partial charge in [0.25, 0.3) is 17.7 Å². The maximum absolute atomic E-state index is 14.7. The summed E-state index contributed by atoms with van der Waals surface area (Å²) in [5, 5.41) is 30.6. The molecular weight excluding hydrogens is 1010 g/mol. The molecule has 404 valence electrons. The van der Waals surface area contributed by atoms with Gasteiger partial charge in [0.15, 0.2) is 11.4 Å². The van der Waals surface area contributed by atoms with Gasteiger partial charge in [-0.2, -0.15) is 10.2 Å². The van der Waals surface area contributed by atoms with Crippen molar-refractivity contribution in [3.8, 4) is 16.2 Å². The summed E-state index contributed by atoms with van der Waals surface area (Å²) in [7, 11) is 0. The molecule has 4 fully saturated rings. The average molecular weight is 1070 g/mol. The second-order valence-corrected chi connectivity index (χ2v) is 23.1. The number of nitrogens with zero attached hydrogens (tertiary/aromatic N) is 6. The Kier molecular flexibility index (Phi) is 14.2. The fourth-order valence-corrected chi connectivity index (χ4v) is 11.8. The highest BCUT2D eigenvalue weighted by Gasteiger charge is 2.78. The van der Waals surface area contributed by atoms with E-state index in [4.69, 9.17) is 9.47 Å². The minimum atomic E-state index is -2.78. The number of aliphatic hydroxyl groups is 1. The number of carbonyl (C=O) groups excluding carboxylic acids is 5. The number of thiazole rings is 1. The molecule has 2 aromatic carbocycles. The number of amides is 5. The standard InChI is InChI=1S/C54H63F3N10O8S/c1-30-45(76-29-59-30)32-11-12-33(23-58-47(70)39-20-36(68)28-66(39)49(72)46(51(2,3)4)62-50(73)53(55)14-15-53)40(19-32)75-18-17-74-16-13-42(69)65-25-34(26-65)44(31-9-7-6-8-10-31)67-27-35(24-60-67)61-48(71)43-37-21-41-52(5,54(41,56)57)22-38(37)63-64-43/h6-12,19,24,27,29,34,36,39,41,44,46,68H,13-18,20-23,25-26,28H2,1-5H3,(H,58,70)(H,61,71)(H,62,73)(H,63,64)/t36-,39+,41+,44-,46-,52-/m1/s1. The van der Waals surface area contributed by atoms with Crippen LogP contribution in [-0.2, 0) is 43.3 Å². The molecule has 0 radical (unpaired) electrons. The Hall–Kier alpha value is -6.65. The number of hydrogen-bond donors (Lipinski definition) is 5. The van der Waals surface area contributed by atoms with E-state index in [-0.39, 0.29) is 95.0 Å². The van der Waals surface area contributed by atoms with Gasteiger partial charge in [0.2, 0.25) is 17.7 Å². The number of fused-ring (bicyclic) bond motifs is 2. The van der Waals surface area contributed by atoms with Gasteiger partial charge in [-0.25, -0.2) is 18.2 Å². The number of halogens is 3. The highest BCUT2D eigenvalue weighted by Crippen LogP contribution is 2.70. The number of aliphatic hydroxyl groups excluding tert-OH is 1. The molecule has 18 nitrogen and oxygen atoms in total. The number of alkyl halides is 3. The first kappa shape index (κ1) is 52.8. The molecule has 5 N–H and O–H groups in total. The van der Waals surface area contributed by atoms with Crippen LogP contribution < -0.4 is 20.7 Å². The number of aromatic amines is 1. The summed E-state index contributed by atoms with van der Waals surface area (Å²) < 4.78 is 57.7. The lowest BCUT2D eigenvalue weighted by atomic mass is 9.85. The molecule has 0 unspecified atom stereocenters. The van der Waals surface area contributed by atoms with Crippen LogP contribution in [0.5, 0.6) is 5.75 Å². The minimum Gasteiger partial charge on any atom is -0.491 e. The van der Waals surface area contributed by atoms with Crippen molar-refractivity contribution >= 4 is 46.6 Å². The normalized spacial score (nSPS) is 22.9. The fraction of sp³-hybridized carbons (Fsp3) is 0.519. The molecular formula is C54H63F3N10O8S. The van der Waals surface area contributed by atoms with Crippen molar-refractivity contribution in [2.24, 2.45) is 22.7 Å². The summed E-state index contributed by atoms with van der Waals surface area (Å²) in [4.78, 5) is 75.7. The first-order chi connectivity index (χ1) is 36.1. The third-order valence-corrected chi connectivity index (χ3v) is 16.8. The third-order valence-electron chi connectivity index (χ3n) is 15.8. The van der Waals surface area contributed by atoms with Gasteiger partial charge in [-0.3, -0.25) is 33.8 Å². The van der Waals surface area contributed by atoms with E-state index in [1.54, 1.807) is 49.0 Å². The van der Waals surface area contributed by atoms with E-state index in [1.807, 2.05) is 55.5 Å². The molecule has 6 atom stereocenters. The van der Waals surface area contributed by atoms with Crippen LogP contribution in [0.2, 0.25) is 0 Å². The summed E-state index contributed by atoms with van der Waals surface area (Å²) in [6.07, 6.45) is 2.79. The Labute approximate surface area is 441 Å². The van der Waals surface area contributed by atoms with E-state index in [0.29, 0.717) is 41.3 Å². The van der Waals surface area contributed by atoms with Gasteiger partial charge in [-0.05, 0) is 48.8 Å². The van der Waals surface area contributed by atoms with Gasteiger partial charge in [-0.15, -0.1) is 11.3 Å². The zero-order chi connectivity index (χ0) is 53.9. The van der Waals surface area contributed by atoms with Crippen LogP contribution in [-0.4, -0.2) is 139 Å². The Bertz CT molecular complexity index is 3020. The van der Waals surface area contributed by atoms with Crippen molar-refractivity contribution in [3.05, 3.63) is 100 Å². The van der Waals surface area contributed by atoms with Crippen LogP contribution in [0.1, 0.15) is 98.0 Å². The molecule has 0 bridgehead atoms. The number of anilines is 1. The summed E-state index contributed by atoms with van der Waals surface area (Å²) in [6.45, 7) is 9.96. The van der Waals surface area contributed by atoms with Crippen molar-refractivity contribution in [2.45, 2.75) is 116 Å². The van der Waals surface area contributed by atoms with Crippen LogP contribution in [0.3, 0.4) is 0 Å². The molecule has 2 saturated heterocycles. The van der Waals surface area contributed by atoms with Crippen LogP contribution in [0.4, 0.5) is 18.9 Å². The van der Waals surface area contributed by atoms with Gasteiger partial charge < -0.3 is 40.3 Å². The largest absolute Gasteiger partial charge is 0.491 e. The predicted octanol–water partition coefficient (Wildman–Crippen LogP) is 5.80. The zero-order valence-electron chi connectivity index (χ0n) is 43.0. The second-order valence-electron chi connectivity index (χ2n) is 22.2. The Morgan fingerprint density at radius 1 is 1.01 bits per heavy atom. The molecule has 2 aliphatic heterocycles. The van der Waals surface area contributed by atoms with E-state index in [2.05, 4.69) is 36.2 Å². The topological polar surface area (TPSA) is 226 Å². The lowest BCUT2D eigenvalue weighted by Gasteiger charge is -2.43. The van der Waals surface area contributed by atoms with Crippen molar-refractivity contribution in [1.82, 2.24) is 45.4 Å². The van der Waals surface area contributed by atoms with Crippen molar-refractivity contribution in [2.75, 3.05) is 44.8 Å². The van der Waals surface area contributed by atoms with Gasteiger partial charge in [0, 0.05) is 79.3 Å². The maximum atomic E-state index is 14.7. The molecule has 5 aromatic rings. The maximum Gasteiger partial charge on any atom is 0.276 e. The SMILES string of the molecule is Cc1ncsc1-c1ccc(CNC(=O)[C@@H]2C[C@@H](O)CN2C(=O)[C@@H](NC(=O)C2(F)CC2)C(C)(C)C)c(OCCOCCC(=O)N2CC([C@@H](c3ccccc3)n3cc(NC(=O)c4n[nH]c5c4C[C@@H]4C(F)(F)[C@]4(C)C5)cn3)C2)c1. The van der Waals surface area contributed by atoms with Crippen LogP contribution in [0.15, 0.2) is 66.4 Å². The van der Waals surface area contributed by atoms with E-state index < -0.39 is 70.2 Å². The minimum absolute atomic E-state index is 0.00456. The number of hydrogen-bond acceptors (Lipinski definition) is 12. The van der Waals surface area contributed by atoms with Crippen LogP contribution in [0.25, 0.3) is 10.4 Å². The van der Waals surface area contributed by atoms with E-state index in [9.17, 15) is 42.3 Å². The third kappa shape index (κ3) is 10.3. The number of benzene rings is 2.